The molecule has 0 unspecified atom stereocenters. The number of hydrogen-bond donors (Lipinski definition) is 2. The molecule has 4 rings (SSSR count). The zero-order valence-corrected chi connectivity index (χ0v) is 15.8. The van der Waals surface area contributed by atoms with E-state index in [2.05, 4.69) is 35.8 Å². The van der Waals surface area contributed by atoms with E-state index in [0.717, 1.165) is 36.5 Å². The lowest BCUT2D eigenvalue weighted by atomic mass is 10.1. The highest BCUT2D eigenvalue weighted by Crippen LogP contribution is 2.24. The molecule has 1 amide bonds. The minimum absolute atomic E-state index is 0.0181. The molecule has 28 heavy (non-hydrogen) atoms. The van der Waals surface area contributed by atoms with Crippen LogP contribution in [-0.2, 0) is 0 Å². The Morgan fingerprint density at radius 3 is 2.68 bits per heavy atom. The van der Waals surface area contributed by atoms with Crippen LogP contribution in [0.3, 0.4) is 0 Å². The van der Waals surface area contributed by atoms with Gasteiger partial charge < -0.3 is 10.6 Å². The van der Waals surface area contributed by atoms with Gasteiger partial charge in [0.2, 0.25) is 0 Å². The van der Waals surface area contributed by atoms with Crippen LogP contribution in [-0.4, -0.2) is 47.9 Å². The van der Waals surface area contributed by atoms with E-state index in [4.69, 9.17) is 0 Å². The smallest absolute Gasteiger partial charge is 0.272 e. The van der Waals surface area contributed by atoms with Gasteiger partial charge in [0.25, 0.3) is 5.91 Å². The monoisotopic (exact) mass is 378 g/mol. The van der Waals surface area contributed by atoms with Crippen LogP contribution in [0, 0.1) is 13.8 Å². The number of aryl methyl sites for hydroxylation is 2. The zero-order valence-electron chi connectivity index (χ0n) is 15.8. The zero-order chi connectivity index (χ0) is 19.5. The second kappa shape index (κ2) is 7.71. The molecule has 0 saturated heterocycles. The Bertz CT molecular complexity index is 972. The van der Waals surface area contributed by atoms with Crippen LogP contribution < -0.4 is 10.6 Å². The van der Waals surface area contributed by atoms with E-state index in [1.165, 1.54) is 4.80 Å². The third-order valence-electron chi connectivity index (χ3n) is 4.86. The Hall–Kier alpha value is -3.36. The maximum absolute atomic E-state index is 12.9. The van der Waals surface area contributed by atoms with Gasteiger partial charge in [-0.1, -0.05) is 0 Å². The number of pyridine rings is 1. The molecular weight excluding hydrogens is 356 g/mol. The lowest BCUT2D eigenvalue weighted by Gasteiger charge is -2.23. The molecule has 1 fully saturated rings. The molecule has 1 aliphatic carbocycles. The molecule has 2 N–H and O–H groups in total. The van der Waals surface area contributed by atoms with Gasteiger partial charge >= 0.3 is 0 Å². The van der Waals surface area contributed by atoms with Gasteiger partial charge in [0, 0.05) is 18.3 Å². The highest BCUT2D eigenvalue weighted by atomic mass is 16.2. The lowest BCUT2D eigenvalue weighted by Crippen LogP contribution is -2.44. The molecule has 3 aromatic rings. The number of amides is 1. The van der Waals surface area contributed by atoms with Gasteiger partial charge in [-0.05, 0) is 45.2 Å². The topological polar surface area (TPSA) is 111 Å². The number of nitrogens with zero attached hydrogens (tertiary/aromatic N) is 6. The number of carbonyl (C=O) groups is 1. The first-order valence-electron chi connectivity index (χ1n) is 9.31. The fourth-order valence-corrected chi connectivity index (χ4v) is 3.53. The van der Waals surface area contributed by atoms with E-state index in [9.17, 15) is 4.79 Å². The molecule has 9 heteroatoms. The predicted octanol–water partition coefficient (Wildman–Crippen LogP) is 1.83. The molecule has 1 saturated carbocycles. The summed E-state index contributed by atoms with van der Waals surface area (Å²) in [5.74, 6) is 0.523. The Labute approximate surface area is 162 Å². The predicted molar refractivity (Wildman–Crippen MR) is 103 cm³/mol. The molecule has 0 spiro atoms. The van der Waals surface area contributed by atoms with E-state index >= 15 is 0 Å². The number of aromatic nitrogens is 6. The first-order valence-corrected chi connectivity index (χ1v) is 9.31. The third-order valence-corrected chi connectivity index (χ3v) is 4.86. The van der Waals surface area contributed by atoms with Gasteiger partial charge in [0.05, 0.1) is 30.0 Å². The Morgan fingerprint density at radius 1 is 1.11 bits per heavy atom. The van der Waals surface area contributed by atoms with Crippen LogP contribution in [0.4, 0.5) is 5.82 Å². The normalized spacial score (nSPS) is 18.8. The molecular formula is C19H22N8O. The minimum atomic E-state index is -0.238. The first-order chi connectivity index (χ1) is 13.6. The summed E-state index contributed by atoms with van der Waals surface area (Å²) in [7, 11) is 0. The van der Waals surface area contributed by atoms with E-state index in [-0.39, 0.29) is 18.0 Å². The van der Waals surface area contributed by atoms with Gasteiger partial charge in [-0.3, -0.25) is 9.78 Å². The summed E-state index contributed by atoms with van der Waals surface area (Å²) in [6.45, 7) is 3.85. The van der Waals surface area contributed by atoms with Crippen molar-refractivity contribution in [1.82, 2.24) is 35.3 Å². The molecule has 0 radical (unpaired) electrons. The second-order valence-corrected chi connectivity index (χ2v) is 6.90. The maximum Gasteiger partial charge on any atom is 0.272 e. The molecule has 3 aromatic heterocycles. The van der Waals surface area contributed by atoms with E-state index < -0.39 is 0 Å². The second-order valence-electron chi connectivity index (χ2n) is 6.90. The highest BCUT2D eigenvalue weighted by Gasteiger charge is 2.30. The van der Waals surface area contributed by atoms with Crippen molar-refractivity contribution in [2.45, 2.75) is 45.2 Å². The van der Waals surface area contributed by atoms with Crippen LogP contribution >= 0.6 is 0 Å². The van der Waals surface area contributed by atoms with Crippen LogP contribution in [0.1, 0.15) is 41.1 Å². The largest absolute Gasteiger partial charge is 0.364 e. The van der Waals surface area contributed by atoms with Crippen LogP contribution in [0.5, 0.6) is 0 Å². The van der Waals surface area contributed by atoms with Crippen molar-refractivity contribution in [2.24, 2.45) is 0 Å². The SMILES string of the molecule is Cc1cnc(N[C@H]2CCC[C@@H]2NC(=O)c2ncccc2-n2nccn2)c(C)n1. The molecule has 0 aromatic carbocycles. The van der Waals surface area contributed by atoms with Crippen LogP contribution in [0.2, 0.25) is 0 Å². The summed E-state index contributed by atoms with van der Waals surface area (Å²) in [4.78, 5) is 27.5. The van der Waals surface area contributed by atoms with E-state index in [1.807, 2.05) is 13.8 Å². The molecule has 0 bridgehead atoms. The third kappa shape index (κ3) is 3.68. The Kier molecular flexibility index (Phi) is 4.96. The van der Waals surface area contributed by atoms with Crippen molar-refractivity contribution in [1.29, 1.82) is 0 Å². The fraction of sp³-hybridized carbons (Fsp3) is 0.368. The summed E-state index contributed by atoms with van der Waals surface area (Å²) in [6.07, 6.45) is 9.34. The van der Waals surface area contributed by atoms with Crippen LogP contribution in [0.15, 0.2) is 36.9 Å². The van der Waals surface area contributed by atoms with Crippen molar-refractivity contribution in [3.8, 4) is 5.69 Å². The molecule has 2 atom stereocenters. The number of nitrogens with one attached hydrogen (secondary N) is 2. The Balaban J connectivity index is 1.50. The minimum Gasteiger partial charge on any atom is -0.364 e. The summed E-state index contributed by atoms with van der Waals surface area (Å²) in [5.41, 5.74) is 2.59. The number of rotatable bonds is 5. The van der Waals surface area contributed by atoms with E-state index in [0.29, 0.717) is 11.4 Å². The maximum atomic E-state index is 12.9. The van der Waals surface area contributed by atoms with Crippen LogP contribution in [0.25, 0.3) is 5.69 Å². The van der Waals surface area contributed by atoms with Crippen molar-refractivity contribution >= 4 is 11.7 Å². The molecule has 9 nitrogen and oxygen atoms in total. The number of carbonyl (C=O) groups excluding carboxylic acids is 1. The molecule has 0 aliphatic heterocycles. The van der Waals surface area contributed by atoms with Gasteiger partial charge in [-0.25, -0.2) is 9.97 Å². The summed E-state index contributed by atoms with van der Waals surface area (Å²) >= 11 is 0. The van der Waals surface area contributed by atoms with Gasteiger partial charge in [0.15, 0.2) is 5.69 Å². The summed E-state index contributed by atoms with van der Waals surface area (Å²) in [6, 6.07) is 3.61. The first kappa shape index (κ1) is 18.0. The molecule has 1 aliphatic rings. The average molecular weight is 378 g/mol. The van der Waals surface area contributed by atoms with E-state index in [1.54, 1.807) is 36.9 Å². The molecule has 144 valence electrons. The van der Waals surface area contributed by atoms with Crippen molar-refractivity contribution < 1.29 is 4.79 Å². The Morgan fingerprint density at radius 2 is 1.89 bits per heavy atom. The van der Waals surface area contributed by atoms with Gasteiger partial charge in [-0.2, -0.15) is 10.2 Å². The fourth-order valence-electron chi connectivity index (χ4n) is 3.53. The summed E-state index contributed by atoms with van der Waals surface area (Å²) < 4.78 is 0. The number of anilines is 1. The quantitative estimate of drug-likeness (QED) is 0.697. The average Bonchev–Trinajstić information content (AvgIpc) is 3.36. The van der Waals surface area contributed by atoms with Crippen molar-refractivity contribution in [3.63, 3.8) is 0 Å². The number of hydrogen-bond acceptors (Lipinski definition) is 7. The van der Waals surface area contributed by atoms with Gasteiger partial charge in [-0.15, -0.1) is 4.80 Å². The standard InChI is InChI=1S/C19H22N8O/c1-12-11-21-18(13(2)24-12)25-14-5-3-6-15(14)26-19(28)17-16(7-4-8-20-17)27-22-9-10-23-27/h4,7-11,14-15H,3,5-6H2,1-2H3,(H,21,25)(H,26,28)/t14-,15-/m0/s1. The van der Waals surface area contributed by atoms with Crippen molar-refractivity contribution in [2.75, 3.05) is 5.32 Å². The van der Waals surface area contributed by atoms with Crippen molar-refractivity contribution in [3.05, 3.63) is 54.0 Å². The highest BCUT2D eigenvalue weighted by molar-refractivity contribution is 5.95. The summed E-state index contributed by atoms with van der Waals surface area (Å²) in [5, 5.41) is 14.8. The molecule has 3 heterocycles. The lowest BCUT2D eigenvalue weighted by molar-refractivity contribution is 0.0930. The van der Waals surface area contributed by atoms with Gasteiger partial charge in [0.1, 0.15) is 11.5 Å².